The van der Waals surface area contributed by atoms with E-state index in [2.05, 4.69) is 66.2 Å². The molecule has 0 bridgehead atoms. The number of fused-ring (bicyclic) bond motifs is 1. The first-order valence-corrected chi connectivity index (χ1v) is 11.9. The predicted molar refractivity (Wildman–Crippen MR) is 135 cm³/mol. The minimum Gasteiger partial charge on any atom is -0.459 e. The Morgan fingerprint density at radius 3 is 2.62 bits per heavy atom. The number of aryl methyl sites for hydroxylation is 2. The Labute approximate surface area is 196 Å². The van der Waals surface area contributed by atoms with Crippen LogP contribution in [-0.2, 0) is 4.74 Å². The highest BCUT2D eigenvalue weighted by atomic mass is 32.1. The van der Waals surface area contributed by atoms with Gasteiger partial charge in [-0.15, -0.1) is 0 Å². The molecule has 1 fully saturated rings. The van der Waals surface area contributed by atoms with Crippen LogP contribution in [0.5, 0.6) is 0 Å². The van der Waals surface area contributed by atoms with Gasteiger partial charge in [0, 0.05) is 37.3 Å². The Hall–Kier alpha value is -2.41. The summed E-state index contributed by atoms with van der Waals surface area (Å²) < 4.78 is 11.7. The molecule has 0 aliphatic carbocycles. The van der Waals surface area contributed by atoms with Gasteiger partial charge in [0.2, 0.25) is 0 Å². The standard InChI is InChI=1S/C26H33N3O2S/c1-19-9-10-23(17-20(19)2)27-26(32)29(12-6-11-28-13-15-30-16-14-28)21(3)25-18-22-7-4-5-8-24(22)31-25/h4-5,7-10,17-18,21H,6,11-16H2,1-3H3,(H,27,32)/t21-/m1/s1. The Bertz CT molecular complexity index is 1030. The van der Waals surface area contributed by atoms with E-state index in [4.69, 9.17) is 21.4 Å². The van der Waals surface area contributed by atoms with E-state index in [-0.39, 0.29) is 6.04 Å². The Morgan fingerprint density at radius 2 is 1.88 bits per heavy atom. The molecule has 170 valence electrons. The van der Waals surface area contributed by atoms with Gasteiger partial charge in [-0.3, -0.25) is 4.90 Å². The zero-order chi connectivity index (χ0) is 22.5. The molecule has 5 nitrogen and oxygen atoms in total. The molecule has 0 radical (unpaired) electrons. The van der Waals surface area contributed by atoms with Crippen molar-refractivity contribution in [2.75, 3.05) is 44.7 Å². The second-order valence-corrected chi connectivity index (χ2v) is 8.98. The average molecular weight is 452 g/mol. The molecule has 4 rings (SSSR count). The highest BCUT2D eigenvalue weighted by Crippen LogP contribution is 2.28. The zero-order valence-corrected chi connectivity index (χ0v) is 20.1. The highest BCUT2D eigenvalue weighted by Gasteiger charge is 2.23. The molecule has 1 N–H and O–H groups in total. The maximum atomic E-state index is 6.19. The van der Waals surface area contributed by atoms with E-state index in [0.29, 0.717) is 0 Å². The van der Waals surface area contributed by atoms with Crippen molar-refractivity contribution < 1.29 is 9.15 Å². The molecule has 1 atom stereocenters. The van der Waals surface area contributed by atoms with E-state index in [0.717, 1.165) is 73.3 Å². The third-order valence-electron chi connectivity index (χ3n) is 6.32. The lowest BCUT2D eigenvalue weighted by Gasteiger charge is -2.32. The fourth-order valence-electron chi connectivity index (χ4n) is 4.14. The predicted octanol–water partition coefficient (Wildman–Crippen LogP) is 5.53. The van der Waals surface area contributed by atoms with Gasteiger partial charge in [-0.2, -0.15) is 0 Å². The maximum absolute atomic E-state index is 6.19. The molecule has 1 aliphatic heterocycles. The Balaban J connectivity index is 1.50. The van der Waals surface area contributed by atoms with Gasteiger partial charge >= 0.3 is 0 Å². The lowest BCUT2D eigenvalue weighted by molar-refractivity contribution is 0.0365. The zero-order valence-electron chi connectivity index (χ0n) is 19.3. The third-order valence-corrected chi connectivity index (χ3v) is 6.66. The number of furan rings is 1. The summed E-state index contributed by atoms with van der Waals surface area (Å²) in [5.41, 5.74) is 4.46. The van der Waals surface area contributed by atoms with Crippen molar-refractivity contribution in [3.05, 3.63) is 65.4 Å². The van der Waals surface area contributed by atoms with Crippen LogP contribution in [0.15, 0.2) is 52.9 Å². The summed E-state index contributed by atoms with van der Waals surface area (Å²) in [4.78, 5) is 4.72. The summed E-state index contributed by atoms with van der Waals surface area (Å²) in [7, 11) is 0. The number of para-hydroxylation sites is 1. The topological polar surface area (TPSA) is 40.9 Å². The van der Waals surface area contributed by atoms with E-state index in [1.807, 2.05) is 18.2 Å². The van der Waals surface area contributed by atoms with Gasteiger partial charge in [-0.05, 0) is 74.8 Å². The fraction of sp³-hybridized carbons (Fsp3) is 0.423. The normalized spacial score (nSPS) is 15.6. The molecule has 1 aliphatic rings. The van der Waals surface area contributed by atoms with Gasteiger partial charge < -0.3 is 19.4 Å². The average Bonchev–Trinajstić information content (AvgIpc) is 3.24. The summed E-state index contributed by atoms with van der Waals surface area (Å²) in [5, 5.41) is 5.31. The van der Waals surface area contributed by atoms with Gasteiger partial charge in [-0.25, -0.2) is 0 Å². The molecule has 0 unspecified atom stereocenters. The molecule has 32 heavy (non-hydrogen) atoms. The van der Waals surface area contributed by atoms with E-state index in [9.17, 15) is 0 Å². The van der Waals surface area contributed by atoms with Crippen molar-refractivity contribution in [2.24, 2.45) is 0 Å². The fourth-order valence-corrected chi connectivity index (χ4v) is 4.50. The molecule has 1 aromatic heterocycles. The van der Waals surface area contributed by atoms with Crippen LogP contribution in [0, 0.1) is 13.8 Å². The summed E-state index contributed by atoms with van der Waals surface area (Å²) in [6.07, 6.45) is 1.03. The first kappa shape index (κ1) is 22.8. The van der Waals surface area contributed by atoms with Crippen LogP contribution in [-0.4, -0.2) is 54.3 Å². The molecule has 0 saturated carbocycles. The number of rotatable bonds is 7. The van der Waals surface area contributed by atoms with Gasteiger partial charge in [0.05, 0.1) is 19.3 Å². The van der Waals surface area contributed by atoms with Crippen molar-refractivity contribution in [3.63, 3.8) is 0 Å². The number of nitrogens with zero attached hydrogens (tertiary/aromatic N) is 2. The smallest absolute Gasteiger partial charge is 0.174 e. The van der Waals surface area contributed by atoms with Crippen LogP contribution in [0.4, 0.5) is 5.69 Å². The van der Waals surface area contributed by atoms with Gasteiger partial charge in [0.1, 0.15) is 11.3 Å². The SMILES string of the molecule is Cc1ccc(NC(=S)N(CCCN2CCOCC2)[C@H](C)c2cc3ccccc3o2)cc1C. The lowest BCUT2D eigenvalue weighted by atomic mass is 10.1. The summed E-state index contributed by atoms with van der Waals surface area (Å²) in [6, 6.07) is 16.7. The van der Waals surface area contributed by atoms with Crippen molar-refractivity contribution in [1.82, 2.24) is 9.80 Å². The number of hydrogen-bond acceptors (Lipinski definition) is 4. The van der Waals surface area contributed by atoms with Crippen LogP contribution in [0.2, 0.25) is 0 Å². The molecule has 0 spiro atoms. The molecular formula is C26H33N3O2S. The van der Waals surface area contributed by atoms with Crippen molar-refractivity contribution in [1.29, 1.82) is 0 Å². The number of hydrogen-bond donors (Lipinski definition) is 1. The van der Waals surface area contributed by atoms with Crippen molar-refractivity contribution >= 4 is 34.0 Å². The molecule has 6 heteroatoms. The van der Waals surface area contributed by atoms with Crippen LogP contribution in [0.1, 0.15) is 36.3 Å². The third kappa shape index (κ3) is 5.49. The van der Waals surface area contributed by atoms with Crippen LogP contribution < -0.4 is 5.32 Å². The molecular weight excluding hydrogens is 418 g/mol. The monoisotopic (exact) mass is 451 g/mol. The van der Waals surface area contributed by atoms with Crippen LogP contribution >= 0.6 is 12.2 Å². The Morgan fingerprint density at radius 1 is 1.09 bits per heavy atom. The summed E-state index contributed by atoms with van der Waals surface area (Å²) in [6.45, 7) is 12.0. The van der Waals surface area contributed by atoms with Gasteiger partial charge in [0.25, 0.3) is 0 Å². The number of nitrogens with one attached hydrogen (secondary N) is 1. The number of benzene rings is 2. The molecule has 1 saturated heterocycles. The number of morpholine rings is 1. The van der Waals surface area contributed by atoms with Crippen LogP contribution in [0.25, 0.3) is 11.0 Å². The van der Waals surface area contributed by atoms with E-state index in [1.54, 1.807) is 0 Å². The quantitative estimate of drug-likeness (QED) is 0.476. The molecule has 0 amide bonds. The van der Waals surface area contributed by atoms with E-state index >= 15 is 0 Å². The molecule has 2 heterocycles. The number of thiocarbonyl (C=S) groups is 1. The number of ether oxygens (including phenoxy) is 1. The van der Waals surface area contributed by atoms with E-state index < -0.39 is 0 Å². The second kappa shape index (κ2) is 10.5. The van der Waals surface area contributed by atoms with Crippen LogP contribution in [0.3, 0.4) is 0 Å². The first-order valence-electron chi connectivity index (χ1n) is 11.4. The summed E-state index contributed by atoms with van der Waals surface area (Å²) >= 11 is 5.90. The van der Waals surface area contributed by atoms with E-state index in [1.165, 1.54) is 11.1 Å². The molecule has 3 aromatic rings. The second-order valence-electron chi connectivity index (χ2n) is 8.59. The van der Waals surface area contributed by atoms with Gasteiger partial charge in [-0.1, -0.05) is 24.3 Å². The number of anilines is 1. The highest BCUT2D eigenvalue weighted by molar-refractivity contribution is 7.80. The molecule has 2 aromatic carbocycles. The van der Waals surface area contributed by atoms with Gasteiger partial charge in [0.15, 0.2) is 5.11 Å². The lowest BCUT2D eigenvalue weighted by Crippen LogP contribution is -2.41. The largest absolute Gasteiger partial charge is 0.459 e. The minimum absolute atomic E-state index is 0.0265. The first-order chi connectivity index (χ1) is 15.5. The maximum Gasteiger partial charge on any atom is 0.174 e. The Kier molecular flexibility index (Phi) is 7.45. The minimum atomic E-state index is 0.0265. The van der Waals surface area contributed by atoms with Crippen molar-refractivity contribution in [2.45, 2.75) is 33.2 Å². The summed E-state index contributed by atoms with van der Waals surface area (Å²) in [5.74, 6) is 0.932. The van der Waals surface area contributed by atoms with Crippen molar-refractivity contribution in [3.8, 4) is 0 Å².